The van der Waals surface area contributed by atoms with E-state index in [1.807, 2.05) is 18.0 Å². The van der Waals surface area contributed by atoms with E-state index in [-0.39, 0.29) is 0 Å². The Balaban J connectivity index is 1.80. The predicted molar refractivity (Wildman–Crippen MR) is 78.8 cm³/mol. The summed E-state index contributed by atoms with van der Waals surface area (Å²) in [5, 5.41) is 0. The van der Waals surface area contributed by atoms with Crippen molar-refractivity contribution in [3.63, 3.8) is 0 Å². The summed E-state index contributed by atoms with van der Waals surface area (Å²) >= 11 is 0. The van der Waals surface area contributed by atoms with Gasteiger partial charge in [0.2, 0.25) is 5.95 Å². The number of hydrogen-bond acceptors (Lipinski definition) is 7. The molecular formula is C14H18N6O. The van der Waals surface area contributed by atoms with Crippen molar-refractivity contribution in [3.05, 3.63) is 36.0 Å². The second-order valence-electron chi connectivity index (χ2n) is 5.12. The lowest BCUT2D eigenvalue weighted by atomic mass is 10.0. The number of rotatable bonds is 4. The van der Waals surface area contributed by atoms with Crippen molar-refractivity contribution in [1.29, 1.82) is 0 Å². The molecule has 21 heavy (non-hydrogen) atoms. The molecule has 0 spiro atoms. The molecule has 2 N–H and O–H groups in total. The number of nitrogens with zero attached hydrogens (tertiary/aromatic N) is 5. The van der Waals surface area contributed by atoms with Gasteiger partial charge in [0, 0.05) is 38.0 Å². The zero-order valence-electron chi connectivity index (χ0n) is 11.9. The smallest absolute Gasteiger partial charge is 0.222 e. The van der Waals surface area contributed by atoms with E-state index in [4.69, 9.17) is 10.5 Å². The van der Waals surface area contributed by atoms with E-state index in [0.29, 0.717) is 25.0 Å². The molecule has 1 aliphatic heterocycles. The molecule has 1 unspecified atom stereocenters. The van der Waals surface area contributed by atoms with Crippen LogP contribution in [-0.2, 0) is 11.3 Å². The highest BCUT2D eigenvalue weighted by atomic mass is 16.5. The quantitative estimate of drug-likeness (QED) is 0.896. The maximum Gasteiger partial charge on any atom is 0.222 e. The molecule has 0 aromatic carbocycles. The van der Waals surface area contributed by atoms with Crippen molar-refractivity contribution in [3.8, 4) is 0 Å². The Kier molecular flexibility index (Phi) is 3.92. The maximum absolute atomic E-state index is 5.84. The number of nitrogens with two attached hydrogens (primary N) is 1. The van der Waals surface area contributed by atoms with Gasteiger partial charge in [0.25, 0.3) is 0 Å². The first-order valence-corrected chi connectivity index (χ1v) is 6.90. The molecular weight excluding hydrogens is 268 g/mol. The van der Waals surface area contributed by atoms with Crippen LogP contribution in [-0.4, -0.2) is 40.2 Å². The minimum absolute atomic E-state index is 0.292. The Bertz CT molecular complexity index is 600. The topological polar surface area (TPSA) is 90.0 Å². The third-order valence-corrected chi connectivity index (χ3v) is 3.50. The molecule has 2 aromatic heterocycles. The molecule has 3 heterocycles. The highest BCUT2D eigenvalue weighted by molar-refractivity contribution is 5.44. The van der Waals surface area contributed by atoms with Gasteiger partial charge >= 0.3 is 0 Å². The van der Waals surface area contributed by atoms with Gasteiger partial charge in [-0.2, -0.15) is 4.98 Å². The van der Waals surface area contributed by atoms with Gasteiger partial charge in [0.05, 0.1) is 30.7 Å². The molecule has 0 aliphatic carbocycles. The van der Waals surface area contributed by atoms with Crippen molar-refractivity contribution in [2.75, 3.05) is 30.9 Å². The van der Waals surface area contributed by atoms with Gasteiger partial charge in [-0.3, -0.25) is 9.97 Å². The second kappa shape index (κ2) is 6.01. The Morgan fingerprint density at radius 3 is 3.00 bits per heavy atom. The minimum atomic E-state index is 0.292. The standard InChI is InChI=1S/C14H18N6O/c1-20(8-11-7-16-3-4-17-11)13-6-12(18-14(15)19-13)10-2-5-21-9-10/h3-4,6-7,10H,2,5,8-9H2,1H3,(H2,15,18,19). The Morgan fingerprint density at radius 1 is 1.38 bits per heavy atom. The lowest BCUT2D eigenvalue weighted by Crippen LogP contribution is -2.20. The number of hydrogen-bond donors (Lipinski definition) is 1. The summed E-state index contributed by atoms with van der Waals surface area (Å²) in [6.07, 6.45) is 6.06. The second-order valence-corrected chi connectivity index (χ2v) is 5.12. The Morgan fingerprint density at radius 2 is 2.29 bits per heavy atom. The molecule has 110 valence electrons. The van der Waals surface area contributed by atoms with E-state index in [2.05, 4.69) is 19.9 Å². The fourth-order valence-corrected chi connectivity index (χ4v) is 2.38. The van der Waals surface area contributed by atoms with Gasteiger partial charge in [-0.05, 0) is 6.42 Å². The molecule has 0 radical (unpaired) electrons. The zero-order valence-corrected chi connectivity index (χ0v) is 11.9. The largest absolute Gasteiger partial charge is 0.381 e. The molecule has 0 amide bonds. The van der Waals surface area contributed by atoms with E-state index >= 15 is 0 Å². The molecule has 7 heteroatoms. The van der Waals surface area contributed by atoms with Crippen LogP contribution in [0.3, 0.4) is 0 Å². The monoisotopic (exact) mass is 286 g/mol. The fraction of sp³-hybridized carbons (Fsp3) is 0.429. The number of ether oxygens (including phenoxy) is 1. The van der Waals surface area contributed by atoms with E-state index < -0.39 is 0 Å². The van der Waals surface area contributed by atoms with Crippen LogP contribution in [0.25, 0.3) is 0 Å². The summed E-state index contributed by atoms with van der Waals surface area (Å²) in [7, 11) is 1.95. The molecule has 0 bridgehead atoms. The highest BCUT2D eigenvalue weighted by Crippen LogP contribution is 2.26. The summed E-state index contributed by atoms with van der Waals surface area (Å²) < 4.78 is 5.41. The zero-order chi connectivity index (χ0) is 14.7. The summed E-state index contributed by atoms with van der Waals surface area (Å²) in [4.78, 5) is 19.0. The van der Waals surface area contributed by atoms with Crippen molar-refractivity contribution in [2.24, 2.45) is 0 Å². The van der Waals surface area contributed by atoms with Gasteiger partial charge in [-0.1, -0.05) is 0 Å². The van der Waals surface area contributed by atoms with Gasteiger partial charge in [0.15, 0.2) is 0 Å². The third kappa shape index (κ3) is 3.25. The Labute approximate surface area is 123 Å². The van der Waals surface area contributed by atoms with Crippen LogP contribution in [0.2, 0.25) is 0 Å². The van der Waals surface area contributed by atoms with Crippen molar-refractivity contribution < 1.29 is 4.74 Å². The predicted octanol–water partition coefficient (Wildman–Crippen LogP) is 0.989. The number of aromatic nitrogens is 4. The summed E-state index contributed by atoms with van der Waals surface area (Å²) in [5.41, 5.74) is 7.66. The van der Waals surface area contributed by atoms with Crippen molar-refractivity contribution in [1.82, 2.24) is 19.9 Å². The molecule has 3 rings (SSSR count). The van der Waals surface area contributed by atoms with Crippen molar-refractivity contribution >= 4 is 11.8 Å². The van der Waals surface area contributed by atoms with Crippen LogP contribution in [0.15, 0.2) is 24.7 Å². The molecule has 1 atom stereocenters. The van der Waals surface area contributed by atoms with E-state index in [9.17, 15) is 0 Å². The van der Waals surface area contributed by atoms with Gasteiger partial charge < -0.3 is 15.4 Å². The van der Waals surface area contributed by atoms with E-state index in [1.165, 1.54) is 0 Å². The summed E-state index contributed by atoms with van der Waals surface area (Å²) in [6.45, 7) is 2.09. The first-order chi connectivity index (χ1) is 10.2. The average Bonchev–Trinajstić information content (AvgIpc) is 3.02. The van der Waals surface area contributed by atoms with Gasteiger partial charge in [0.1, 0.15) is 5.82 Å². The molecule has 1 fully saturated rings. The third-order valence-electron chi connectivity index (χ3n) is 3.50. The van der Waals surface area contributed by atoms with Crippen molar-refractivity contribution in [2.45, 2.75) is 18.9 Å². The SMILES string of the molecule is CN(Cc1cnccn1)c1cc(C2CCOC2)nc(N)n1. The summed E-state index contributed by atoms with van der Waals surface area (Å²) in [5.74, 6) is 1.38. The Hall–Kier alpha value is -2.28. The molecule has 2 aromatic rings. The normalized spacial score (nSPS) is 17.9. The number of anilines is 2. The van der Waals surface area contributed by atoms with E-state index in [1.54, 1.807) is 18.6 Å². The van der Waals surface area contributed by atoms with Crippen LogP contribution in [0.1, 0.15) is 23.7 Å². The molecule has 1 aliphatic rings. The average molecular weight is 286 g/mol. The molecule has 7 nitrogen and oxygen atoms in total. The van der Waals surface area contributed by atoms with Crippen LogP contribution < -0.4 is 10.6 Å². The maximum atomic E-state index is 5.84. The first kappa shape index (κ1) is 13.7. The van der Waals surface area contributed by atoms with Gasteiger partial charge in [-0.15, -0.1) is 0 Å². The van der Waals surface area contributed by atoms with Crippen LogP contribution in [0.5, 0.6) is 0 Å². The van der Waals surface area contributed by atoms with Crippen LogP contribution in [0, 0.1) is 0 Å². The summed E-state index contributed by atoms with van der Waals surface area (Å²) in [6, 6.07) is 1.98. The van der Waals surface area contributed by atoms with Crippen LogP contribution in [0.4, 0.5) is 11.8 Å². The lowest BCUT2D eigenvalue weighted by Gasteiger charge is -2.19. The first-order valence-electron chi connectivity index (χ1n) is 6.90. The van der Waals surface area contributed by atoms with Gasteiger partial charge in [-0.25, -0.2) is 4.98 Å². The minimum Gasteiger partial charge on any atom is -0.381 e. The molecule has 0 saturated carbocycles. The molecule has 1 saturated heterocycles. The number of nitrogen functional groups attached to an aromatic ring is 1. The van der Waals surface area contributed by atoms with Crippen LogP contribution >= 0.6 is 0 Å². The highest BCUT2D eigenvalue weighted by Gasteiger charge is 2.21. The van der Waals surface area contributed by atoms with E-state index in [0.717, 1.165) is 30.2 Å². The fourth-order valence-electron chi connectivity index (χ4n) is 2.38. The lowest BCUT2D eigenvalue weighted by molar-refractivity contribution is 0.193.